The van der Waals surface area contributed by atoms with Gasteiger partial charge in [-0.05, 0) is 38.3 Å². The van der Waals surface area contributed by atoms with E-state index in [1.165, 1.54) is 32.4 Å². The normalized spacial score (nSPS) is 30.8. The van der Waals surface area contributed by atoms with Gasteiger partial charge in [-0.15, -0.1) is 0 Å². The summed E-state index contributed by atoms with van der Waals surface area (Å²) in [6, 6.07) is 0.972. The Balaban J connectivity index is -0.000000562. The second kappa shape index (κ2) is 11.7. The molecule has 0 aromatic heterocycles. The Bertz CT molecular complexity index is 244. The van der Waals surface area contributed by atoms with E-state index >= 15 is 0 Å². The summed E-state index contributed by atoms with van der Waals surface area (Å²) in [7, 11) is 0. The van der Waals surface area contributed by atoms with Crippen molar-refractivity contribution in [2.24, 2.45) is 5.92 Å². The summed E-state index contributed by atoms with van der Waals surface area (Å²) in [5.41, 5.74) is 0. The zero-order chi connectivity index (χ0) is 9.97. The predicted molar refractivity (Wildman–Crippen MR) is 56.5 cm³/mol. The van der Waals surface area contributed by atoms with Crippen molar-refractivity contribution in [3.8, 4) is 0 Å². The van der Waals surface area contributed by atoms with Crippen molar-refractivity contribution in [2.45, 2.75) is 51.1 Å². The summed E-state index contributed by atoms with van der Waals surface area (Å²) in [6.07, 6.45) is 6.10. The van der Waals surface area contributed by atoms with E-state index in [0.29, 0.717) is 5.92 Å². The molecule has 0 aromatic rings. The van der Waals surface area contributed by atoms with Crippen LogP contribution in [-0.4, -0.2) is 30.1 Å². The monoisotopic (exact) mass is 363 g/mol. The quantitative estimate of drug-likeness (QED) is 0.342. The molecular formula is C11H20Cl3N3Zn-2. The predicted octanol–water partition coefficient (Wildman–Crippen LogP) is -6.50. The first kappa shape index (κ1) is 23.9. The maximum Gasteiger partial charge on any atom is 0.314 e. The summed E-state index contributed by atoms with van der Waals surface area (Å²) in [5.74, 6) is 0.697. The molecule has 3 unspecified atom stereocenters. The molecule has 0 N–H and O–H groups in total. The number of diazo groups is 1. The Morgan fingerprint density at radius 3 is 2.06 bits per heavy atom. The van der Waals surface area contributed by atoms with Gasteiger partial charge in [0, 0.05) is 38.4 Å². The Hall–Kier alpha value is 0.873. The summed E-state index contributed by atoms with van der Waals surface area (Å²) >= 11 is 0. The fraction of sp³-hybridized carbons (Fsp3) is 1.00. The van der Waals surface area contributed by atoms with E-state index in [1.54, 1.807) is 0 Å². The first-order valence-corrected chi connectivity index (χ1v) is 5.89. The molecule has 1 aliphatic heterocycles. The molecule has 3 nitrogen and oxygen atoms in total. The molecule has 0 bridgehead atoms. The van der Waals surface area contributed by atoms with Crippen molar-refractivity contribution in [3.05, 3.63) is 4.98 Å². The van der Waals surface area contributed by atoms with E-state index in [1.807, 2.05) is 0 Å². The molecular weight excluding hydrogens is 346 g/mol. The molecule has 18 heavy (non-hydrogen) atoms. The zero-order valence-corrected chi connectivity index (χ0v) is 16.1. The summed E-state index contributed by atoms with van der Waals surface area (Å²) in [4.78, 5) is 6.08. The van der Waals surface area contributed by atoms with Crippen LogP contribution in [0.5, 0.6) is 0 Å². The van der Waals surface area contributed by atoms with Crippen LogP contribution >= 0.6 is 0 Å². The van der Waals surface area contributed by atoms with E-state index in [-0.39, 0.29) is 62.7 Å². The standard InChI is InChI=1S/C11H20N3.3ClH.Zn/c1-9-8-10(13-12)4-5-11(9)14-6-2-3-7-14;;;;/h9-11H,2-8H2,1H3;3*1H;/q+1;;;;/p-3. The third-order valence-electron chi connectivity index (χ3n) is 3.87. The van der Waals surface area contributed by atoms with Crippen molar-refractivity contribution in [1.82, 2.24) is 4.90 Å². The third kappa shape index (κ3) is 5.89. The van der Waals surface area contributed by atoms with Gasteiger partial charge in [0.2, 0.25) is 5.39 Å². The van der Waals surface area contributed by atoms with E-state index in [2.05, 4.69) is 16.8 Å². The average molecular weight is 366 g/mol. The van der Waals surface area contributed by atoms with Crippen molar-refractivity contribution in [1.29, 1.82) is 5.39 Å². The van der Waals surface area contributed by atoms with Gasteiger partial charge in [0.25, 0.3) is 0 Å². The second-order valence-corrected chi connectivity index (χ2v) is 4.87. The minimum Gasteiger partial charge on any atom is -1.00 e. The molecule has 1 saturated carbocycles. The van der Waals surface area contributed by atoms with Gasteiger partial charge in [-0.25, -0.2) is 0 Å². The zero-order valence-electron chi connectivity index (χ0n) is 10.9. The number of hydrogen-bond donors (Lipinski definition) is 0. The van der Waals surface area contributed by atoms with Crippen molar-refractivity contribution >= 4 is 0 Å². The Labute approximate surface area is 141 Å². The number of nitrogens with zero attached hydrogens (tertiary/aromatic N) is 3. The first-order chi connectivity index (χ1) is 6.81. The maximum atomic E-state index is 8.77. The molecule has 1 heterocycles. The van der Waals surface area contributed by atoms with Crippen LogP contribution in [-0.2, 0) is 19.5 Å². The van der Waals surface area contributed by atoms with Gasteiger partial charge < -0.3 is 42.1 Å². The maximum absolute atomic E-state index is 8.77. The Morgan fingerprint density at radius 2 is 1.61 bits per heavy atom. The molecule has 2 aliphatic rings. The largest absolute Gasteiger partial charge is 1.00 e. The minimum absolute atomic E-state index is 0. The van der Waals surface area contributed by atoms with Crippen molar-refractivity contribution in [3.63, 3.8) is 0 Å². The first-order valence-electron chi connectivity index (χ1n) is 5.89. The molecule has 104 valence electrons. The van der Waals surface area contributed by atoms with Crippen molar-refractivity contribution < 1.29 is 56.7 Å². The number of halogens is 3. The van der Waals surface area contributed by atoms with E-state index in [0.717, 1.165) is 18.9 Å². The van der Waals surface area contributed by atoms with Gasteiger partial charge in [0.15, 0.2) is 0 Å². The average Bonchev–Trinajstić information content (AvgIpc) is 2.70. The van der Waals surface area contributed by atoms with Gasteiger partial charge in [0.1, 0.15) is 4.98 Å². The van der Waals surface area contributed by atoms with Crippen molar-refractivity contribution in [2.75, 3.05) is 13.1 Å². The van der Waals surface area contributed by atoms with Gasteiger partial charge in [-0.2, -0.15) is 0 Å². The molecule has 0 amide bonds. The molecule has 1 saturated heterocycles. The fourth-order valence-corrected chi connectivity index (χ4v) is 3.07. The van der Waals surface area contributed by atoms with Crippen LogP contribution in [0.4, 0.5) is 0 Å². The number of likely N-dealkylation sites (tertiary alicyclic amines) is 1. The van der Waals surface area contributed by atoms with Gasteiger partial charge in [-0.1, -0.05) is 6.92 Å². The third-order valence-corrected chi connectivity index (χ3v) is 3.87. The molecule has 3 atom stereocenters. The smallest absolute Gasteiger partial charge is 0.314 e. The second-order valence-electron chi connectivity index (χ2n) is 4.87. The van der Waals surface area contributed by atoms with Crippen LogP contribution < -0.4 is 37.2 Å². The summed E-state index contributed by atoms with van der Waals surface area (Å²) in [5, 5.41) is 8.77. The molecule has 2 rings (SSSR count). The SMILES string of the molecule is CC1CC([N+]#N)CCC1N1CCCC1.[Cl-].[Cl-].[Cl-].[Zn]. The number of hydrogen-bond acceptors (Lipinski definition) is 2. The summed E-state index contributed by atoms with van der Waals surface area (Å²) in [6.45, 7) is 4.88. The van der Waals surface area contributed by atoms with Crippen LogP contribution in [0.1, 0.15) is 39.0 Å². The van der Waals surface area contributed by atoms with E-state index in [9.17, 15) is 0 Å². The van der Waals surface area contributed by atoms with Crippen LogP contribution in [0.3, 0.4) is 0 Å². The molecule has 0 aromatic carbocycles. The number of rotatable bonds is 1. The van der Waals surface area contributed by atoms with Crippen LogP contribution in [0.2, 0.25) is 0 Å². The minimum atomic E-state index is 0. The van der Waals surface area contributed by atoms with Crippen LogP contribution in [0, 0.1) is 11.3 Å². The van der Waals surface area contributed by atoms with E-state index < -0.39 is 0 Å². The topological polar surface area (TPSA) is 31.4 Å². The Kier molecular flexibility index (Phi) is 15.5. The van der Waals surface area contributed by atoms with Gasteiger partial charge in [0.05, 0.1) is 0 Å². The van der Waals surface area contributed by atoms with Crippen LogP contribution in [0.15, 0.2) is 0 Å². The Morgan fingerprint density at radius 1 is 1.06 bits per heavy atom. The van der Waals surface area contributed by atoms with Gasteiger partial charge in [-0.3, -0.25) is 0 Å². The van der Waals surface area contributed by atoms with Gasteiger partial charge >= 0.3 is 6.04 Å². The molecule has 0 radical (unpaired) electrons. The molecule has 2 fully saturated rings. The van der Waals surface area contributed by atoms with E-state index in [4.69, 9.17) is 5.39 Å². The molecule has 1 aliphatic carbocycles. The van der Waals surface area contributed by atoms with Crippen LogP contribution in [0.25, 0.3) is 4.98 Å². The summed E-state index contributed by atoms with van der Waals surface area (Å²) < 4.78 is 0. The fourth-order valence-electron chi connectivity index (χ4n) is 3.07. The molecule has 7 heteroatoms. The molecule has 0 spiro atoms.